The molecule has 4 N–H and O–H groups in total. The zero-order valence-corrected chi connectivity index (χ0v) is 34.6. The van der Waals surface area contributed by atoms with Crippen molar-refractivity contribution in [1.82, 2.24) is 45.2 Å². The fraction of sp³-hybridized carbons (Fsp3) is 0.163. The summed E-state index contributed by atoms with van der Waals surface area (Å²) in [4.78, 5) is 19.5. The van der Waals surface area contributed by atoms with Crippen LogP contribution in [-0.4, -0.2) is 92.3 Å². The van der Waals surface area contributed by atoms with Crippen molar-refractivity contribution in [1.29, 1.82) is 0 Å². The second-order valence-corrected chi connectivity index (χ2v) is 14.6. The molecular formula is C43H36BrF4N11O3. The normalized spacial score (nSPS) is 13.0. The lowest BCUT2D eigenvalue weighted by Crippen LogP contribution is -2.36. The summed E-state index contributed by atoms with van der Waals surface area (Å²) in [6, 6.07) is 18.0. The largest absolute Gasteiger partial charge is 0.496 e. The van der Waals surface area contributed by atoms with Crippen LogP contribution in [0.2, 0.25) is 0 Å². The van der Waals surface area contributed by atoms with E-state index < -0.39 is 23.3 Å². The van der Waals surface area contributed by atoms with Crippen molar-refractivity contribution in [2.45, 2.75) is 0 Å². The molecule has 0 aliphatic carbocycles. The fourth-order valence-corrected chi connectivity index (χ4v) is 6.94. The maximum atomic E-state index is 14.0. The minimum atomic E-state index is -0.736. The number of hydrogen-bond donors (Lipinski definition) is 4. The van der Waals surface area contributed by atoms with E-state index in [1.54, 1.807) is 26.6 Å². The summed E-state index contributed by atoms with van der Waals surface area (Å²) in [6.07, 6.45) is 7.39. The van der Waals surface area contributed by atoms with Gasteiger partial charge < -0.3 is 24.8 Å². The highest BCUT2D eigenvalue weighted by Gasteiger charge is 2.18. The van der Waals surface area contributed by atoms with Gasteiger partial charge in [0.25, 0.3) is 0 Å². The number of ether oxygens (including phenoxy) is 3. The molecule has 0 atom stereocenters. The highest BCUT2D eigenvalue weighted by Crippen LogP contribution is 2.36. The van der Waals surface area contributed by atoms with Crippen LogP contribution in [0, 0.1) is 23.3 Å². The van der Waals surface area contributed by atoms with Gasteiger partial charge in [-0.2, -0.15) is 20.2 Å². The fourth-order valence-electron chi connectivity index (χ4n) is 6.58. The first-order valence-corrected chi connectivity index (χ1v) is 19.8. The van der Waals surface area contributed by atoms with Gasteiger partial charge in [-0.25, -0.2) is 27.5 Å². The number of nitrogens with zero attached hydrogens (tertiary/aromatic N) is 7. The minimum Gasteiger partial charge on any atom is -0.496 e. The predicted molar refractivity (Wildman–Crippen MR) is 231 cm³/mol. The Labute approximate surface area is 359 Å². The lowest BCUT2D eigenvalue weighted by atomic mass is 10.0. The van der Waals surface area contributed by atoms with Gasteiger partial charge in [-0.05, 0) is 60.2 Å². The molecule has 19 heteroatoms. The van der Waals surface area contributed by atoms with Gasteiger partial charge >= 0.3 is 0 Å². The van der Waals surface area contributed by atoms with Gasteiger partial charge in [0.15, 0.2) is 11.3 Å². The van der Waals surface area contributed by atoms with Crippen molar-refractivity contribution in [3.05, 3.63) is 125 Å². The number of aromatic nitrogens is 8. The van der Waals surface area contributed by atoms with E-state index in [0.29, 0.717) is 45.0 Å². The van der Waals surface area contributed by atoms with Crippen LogP contribution in [0.5, 0.6) is 11.5 Å². The number of rotatable bonds is 11. The molecule has 0 unspecified atom stereocenters. The van der Waals surface area contributed by atoms with Crippen LogP contribution in [-0.2, 0) is 4.74 Å². The molecule has 14 nitrogen and oxygen atoms in total. The van der Waals surface area contributed by atoms with Crippen molar-refractivity contribution in [3.8, 4) is 34.0 Å². The van der Waals surface area contributed by atoms with E-state index in [2.05, 4.69) is 83.9 Å². The van der Waals surface area contributed by atoms with Crippen LogP contribution < -0.4 is 20.1 Å². The average Bonchev–Trinajstić information content (AvgIpc) is 3.90. The first-order valence-electron chi connectivity index (χ1n) is 19.0. The molecule has 62 heavy (non-hydrogen) atoms. The zero-order chi connectivity index (χ0) is 43.2. The molecule has 316 valence electrons. The number of aromatic amines is 2. The Morgan fingerprint density at radius 3 is 1.77 bits per heavy atom. The van der Waals surface area contributed by atoms with Gasteiger partial charge in [0.1, 0.15) is 34.8 Å². The number of H-pyrrole nitrogens is 2. The molecule has 4 aromatic carbocycles. The molecule has 0 bridgehead atoms. The van der Waals surface area contributed by atoms with Crippen LogP contribution >= 0.6 is 15.9 Å². The van der Waals surface area contributed by atoms with Gasteiger partial charge in [-0.1, -0.05) is 34.1 Å². The molecular weight excluding hydrogens is 874 g/mol. The van der Waals surface area contributed by atoms with Crippen molar-refractivity contribution in [3.63, 3.8) is 0 Å². The summed E-state index contributed by atoms with van der Waals surface area (Å²) in [5.74, 6) is -1.15. The smallest absolute Gasteiger partial charge is 0.229 e. The van der Waals surface area contributed by atoms with Crippen molar-refractivity contribution < 1.29 is 31.8 Å². The van der Waals surface area contributed by atoms with E-state index in [4.69, 9.17) is 14.2 Å². The number of benzene rings is 4. The number of fused-ring (bicyclic) bond motifs is 2. The molecule has 0 saturated carbocycles. The van der Waals surface area contributed by atoms with Crippen molar-refractivity contribution in [2.24, 2.45) is 0 Å². The Morgan fingerprint density at radius 1 is 0.710 bits per heavy atom. The molecule has 0 radical (unpaired) electrons. The zero-order valence-electron chi connectivity index (χ0n) is 33.0. The molecule has 1 aliphatic heterocycles. The Hall–Kier alpha value is -6.96. The molecule has 5 heterocycles. The number of methoxy groups -OCH3 is 2. The molecule has 0 amide bonds. The quantitative estimate of drug-likeness (QED) is 0.0912. The van der Waals surface area contributed by atoms with Crippen molar-refractivity contribution >= 4 is 67.3 Å². The van der Waals surface area contributed by atoms with Gasteiger partial charge in [-0.15, -0.1) is 0 Å². The van der Waals surface area contributed by atoms with Crippen LogP contribution in [0.1, 0.15) is 5.56 Å². The van der Waals surface area contributed by atoms with Crippen LogP contribution in [0.25, 0.3) is 50.7 Å². The van der Waals surface area contributed by atoms with Gasteiger partial charge in [0.05, 0.1) is 61.0 Å². The molecule has 1 saturated heterocycles. The number of halogens is 5. The van der Waals surface area contributed by atoms with Gasteiger partial charge in [0, 0.05) is 59.8 Å². The van der Waals surface area contributed by atoms with E-state index >= 15 is 0 Å². The molecule has 9 rings (SSSR count). The summed E-state index contributed by atoms with van der Waals surface area (Å²) >= 11 is 3.44. The summed E-state index contributed by atoms with van der Waals surface area (Å²) in [6.45, 7) is 4.26. The lowest BCUT2D eigenvalue weighted by molar-refractivity contribution is 0.0435. The predicted octanol–water partition coefficient (Wildman–Crippen LogP) is 9.21. The molecule has 0 spiro atoms. The monoisotopic (exact) mass is 909 g/mol. The average molecular weight is 911 g/mol. The van der Waals surface area contributed by atoms with Crippen molar-refractivity contribution in [2.75, 3.05) is 57.7 Å². The van der Waals surface area contributed by atoms with Crippen LogP contribution in [0.15, 0.2) is 95.7 Å². The maximum Gasteiger partial charge on any atom is 0.229 e. The third-order valence-electron chi connectivity index (χ3n) is 9.68. The standard InChI is InChI=1S/C25H24F2N6O2.C18H12BrF2N5O/c1-34-22-7-4-16(3-2-8-33-9-11-35-12-10-33)13-18(22)23-19-15-28-25(30-24(19)32-31-23)29-21-6-5-17(26)14-20(21)27;1-27-15-5-2-9(19)6-11(15)16-12-8-22-18(24-17(12)26-25-16)23-14-4-3-10(20)7-13(14)21/h2-7,13-15H,8-12H2,1H3,(H2,28,29,30,31,32);2-8H,1H3,(H2,22,23,24,25,26)/b3-2+;. The van der Waals surface area contributed by atoms with E-state index in [9.17, 15) is 17.6 Å². The number of morpholine rings is 1. The van der Waals surface area contributed by atoms with E-state index in [1.807, 2.05) is 36.4 Å². The Kier molecular flexibility index (Phi) is 12.6. The topological polar surface area (TPSA) is 164 Å². The SMILES string of the molecule is COc1ccc(/C=C/CN2CCOCC2)cc1-c1[nH]nc2nc(Nc3ccc(F)cc3F)ncc12.COc1ccc(Br)cc1-c1[nH]nc2nc(Nc3ccc(F)cc3F)ncc12. The second-order valence-electron chi connectivity index (χ2n) is 13.7. The van der Waals surface area contributed by atoms with E-state index in [0.717, 1.165) is 78.3 Å². The summed E-state index contributed by atoms with van der Waals surface area (Å²) in [5.41, 5.74) is 4.97. The van der Waals surface area contributed by atoms with Gasteiger partial charge in [0.2, 0.25) is 11.9 Å². The van der Waals surface area contributed by atoms with Gasteiger partial charge in [-0.3, -0.25) is 15.1 Å². The maximum absolute atomic E-state index is 14.0. The highest BCUT2D eigenvalue weighted by atomic mass is 79.9. The first kappa shape index (κ1) is 41.8. The third-order valence-corrected chi connectivity index (χ3v) is 10.2. The molecule has 1 aliphatic rings. The Balaban J connectivity index is 0.000000176. The highest BCUT2D eigenvalue weighted by molar-refractivity contribution is 9.10. The second kappa shape index (κ2) is 18.8. The number of nitrogens with one attached hydrogen (secondary N) is 4. The summed E-state index contributed by atoms with van der Waals surface area (Å²) < 4.78 is 71.2. The van der Waals surface area contributed by atoms with Crippen LogP contribution in [0.4, 0.5) is 40.8 Å². The molecule has 8 aromatic rings. The lowest BCUT2D eigenvalue weighted by Gasteiger charge is -2.25. The third kappa shape index (κ3) is 9.49. The van der Waals surface area contributed by atoms with E-state index in [1.165, 1.54) is 12.1 Å². The molecule has 4 aromatic heterocycles. The Bertz CT molecular complexity index is 2910. The Morgan fingerprint density at radius 2 is 1.24 bits per heavy atom. The molecule has 1 fully saturated rings. The number of anilines is 4. The summed E-state index contributed by atoms with van der Waals surface area (Å²) in [7, 11) is 3.20. The minimum absolute atomic E-state index is 0.0692. The van der Waals surface area contributed by atoms with Crippen LogP contribution in [0.3, 0.4) is 0 Å². The number of hydrogen-bond acceptors (Lipinski definition) is 12. The summed E-state index contributed by atoms with van der Waals surface area (Å²) in [5, 5.41) is 21.3. The first-order chi connectivity index (χ1) is 30.1. The van der Waals surface area contributed by atoms with E-state index in [-0.39, 0.29) is 23.3 Å².